The van der Waals surface area contributed by atoms with E-state index in [1.807, 2.05) is 0 Å². The molecule has 0 bridgehead atoms. The van der Waals surface area contributed by atoms with Gasteiger partial charge in [-0.3, -0.25) is 4.79 Å². The van der Waals surface area contributed by atoms with Crippen LogP contribution in [-0.2, 0) is 27.3 Å². The van der Waals surface area contributed by atoms with Crippen LogP contribution in [0, 0.1) is 5.82 Å². The molecule has 0 spiro atoms. The van der Waals surface area contributed by atoms with Crippen LogP contribution in [0.2, 0.25) is 0 Å². The number of ether oxygens (including phenoxy) is 3. The number of likely N-dealkylation sites (tertiary alicyclic amines) is 1. The second-order valence-electron chi connectivity index (χ2n) is 6.48. The first kappa shape index (κ1) is 20.2. The molecule has 0 N–H and O–H groups in total. The molecule has 1 aromatic heterocycles. The fourth-order valence-electron chi connectivity index (χ4n) is 2.93. The molecule has 0 unspecified atom stereocenters. The molecule has 1 amide bonds. The molecule has 8 nitrogen and oxygen atoms in total. The van der Waals surface area contributed by atoms with E-state index in [0.29, 0.717) is 50.2 Å². The van der Waals surface area contributed by atoms with Crippen molar-refractivity contribution >= 4 is 5.91 Å². The molecule has 0 atom stereocenters. The second-order valence-corrected chi connectivity index (χ2v) is 6.48. The molecule has 9 heteroatoms. The van der Waals surface area contributed by atoms with Crippen LogP contribution in [-0.4, -0.2) is 60.5 Å². The maximum absolute atomic E-state index is 12.9. The van der Waals surface area contributed by atoms with Gasteiger partial charge in [0.05, 0.1) is 12.7 Å². The van der Waals surface area contributed by atoms with Gasteiger partial charge in [-0.15, -0.1) is 0 Å². The van der Waals surface area contributed by atoms with Gasteiger partial charge in [-0.2, -0.15) is 4.98 Å². The lowest BCUT2D eigenvalue weighted by molar-refractivity contribution is -0.136. The summed E-state index contributed by atoms with van der Waals surface area (Å²) in [6.45, 7) is 1.98. The van der Waals surface area contributed by atoms with E-state index in [1.54, 1.807) is 12.0 Å². The number of carbonyl (C=O) groups is 1. The van der Waals surface area contributed by atoms with Crippen LogP contribution in [0.25, 0.3) is 0 Å². The highest BCUT2D eigenvalue weighted by Crippen LogP contribution is 2.16. The Bertz CT molecular complexity index is 744. The maximum Gasteiger partial charge on any atom is 0.260 e. The third-order valence-electron chi connectivity index (χ3n) is 4.43. The minimum atomic E-state index is -0.338. The van der Waals surface area contributed by atoms with Gasteiger partial charge in [-0.05, 0) is 37.1 Å². The van der Waals surface area contributed by atoms with Gasteiger partial charge >= 0.3 is 0 Å². The number of aromatic nitrogens is 2. The summed E-state index contributed by atoms with van der Waals surface area (Å²) in [5.74, 6) is 1.10. The quantitative estimate of drug-likeness (QED) is 0.644. The summed E-state index contributed by atoms with van der Waals surface area (Å²) >= 11 is 0. The highest BCUT2D eigenvalue weighted by molar-refractivity contribution is 5.77. The van der Waals surface area contributed by atoms with E-state index in [9.17, 15) is 9.18 Å². The SMILES string of the molecule is COCc1nc(CCOC2CCN(C(=O)COc3ccc(F)cc3)CC2)no1. The number of rotatable bonds is 9. The van der Waals surface area contributed by atoms with E-state index in [-0.39, 0.29) is 24.4 Å². The van der Waals surface area contributed by atoms with Crippen molar-refractivity contribution in [2.45, 2.75) is 32.0 Å². The molecular weight excluding hydrogens is 369 g/mol. The Morgan fingerprint density at radius 2 is 2.04 bits per heavy atom. The fourth-order valence-corrected chi connectivity index (χ4v) is 2.93. The first-order valence-electron chi connectivity index (χ1n) is 9.22. The van der Waals surface area contributed by atoms with Crippen LogP contribution >= 0.6 is 0 Å². The van der Waals surface area contributed by atoms with Gasteiger partial charge in [0.2, 0.25) is 0 Å². The summed E-state index contributed by atoms with van der Waals surface area (Å²) in [5.41, 5.74) is 0. The summed E-state index contributed by atoms with van der Waals surface area (Å²) in [6.07, 6.45) is 2.21. The van der Waals surface area contributed by atoms with Crippen molar-refractivity contribution in [3.05, 3.63) is 41.8 Å². The summed E-state index contributed by atoms with van der Waals surface area (Å²) in [4.78, 5) is 18.2. The number of piperidine rings is 1. The van der Waals surface area contributed by atoms with Gasteiger partial charge in [0, 0.05) is 26.6 Å². The second kappa shape index (κ2) is 10.1. The minimum absolute atomic E-state index is 0.0568. The van der Waals surface area contributed by atoms with Crippen molar-refractivity contribution in [2.24, 2.45) is 0 Å². The normalized spacial score (nSPS) is 15.0. The van der Waals surface area contributed by atoms with Gasteiger partial charge in [0.25, 0.3) is 11.8 Å². The number of carbonyl (C=O) groups excluding carboxylic acids is 1. The molecule has 0 radical (unpaired) electrons. The average molecular weight is 393 g/mol. The molecule has 1 fully saturated rings. The molecule has 1 aromatic carbocycles. The Hall–Kier alpha value is -2.52. The molecule has 3 rings (SSSR count). The first-order chi connectivity index (χ1) is 13.6. The van der Waals surface area contributed by atoms with Gasteiger partial charge < -0.3 is 23.6 Å². The molecule has 0 aliphatic carbocycles. The topological polar surface area (TPSA) is 86.9 Å². The lowest BCUT2D eigenvalue weighted by atomic mass is 10.1. The van der Waals surface area contributed by atoms with Crippen molar-refractivity contribution in [1.82, 2.24) is 15.0 Å². The lowest BCUT2D eigenvalue weighted by Gasteiger charge is -2.31. The van der Waals surface area contributed by atoms with Gasteiger partial charge in [-0.25, -0.2) is 4.39 Å². The van der Waals surface area contributed by atoms with Crippen LogP contribution in [0.3, 0.4) is 0 Å². The number of benzene rings is 1. The fraction of sp³-hybridized carbons (Fsp3) is 0.526. The zero-order chi connectivity index (χ0) is 19.8. The average Bonchev–Trinajstić information content (AvgIpc) is 3.15. The van der Waals surface area contributed by atoms with Crippen molar-refractivity contribution in [3.8, 4) is 5.75 Å². The molecule has 152 valence electrons. The highest BCUT2D eigenvalue weighted by Gasteiger charge is 2.23. The van der Waals surface area contributed by atoms with E-state index < -0.39 is 0 Å². The van der Waals surface area contributed by atoms with E-state index in [4.69, 9.17) is 18.7 Å². The summed E-state index contributed by atoms with van der Waals surface area (Å²) in [5, 5.41) is 3.87. The van der Waals surface area contributed by atoms with Gasteiger partial charge in [0.15, 0.2) is 12.4 Å². The predicted octanol–water partition coefficient (Wildman–Crippen LogP) is 1.98. The van der Waals surface area contributed by atoms with Gasteiger partial charge in [-0.1, -0.05) is 5.16 Å². The van der Waals surface area contributed by atoms with Crippen molar-refractivity contribution in [1.29, 1.82) is 0 Å². The highest BCUT2D eigenvalue weighted by atomic mass is 19.1. The molecule has 0 saturated carbocycles. The van der Waals surface area contributed by atoms with E-state index in [0.717, 1.165) is 12.8 Å². The predicted molar refractivity (Wildman–Crippen MR) is 96.2 cm³/mol. The summed E-state index contributed by atoms with van der Waals surface area (Å²) in [6, 6.07) is 5.61. The molecule has 1 aliphatic heterocycles. The van der Waals surface area contributed by atoms with Crippen LogP contribution in [0.5, 0.6) is 5.75 Å². The Morgan fingerprint density at radius 1 is 1.29 bits per heavy atom. The number of nitrogens with zero attached hydrogens (tertiary/aromatic N) is 3. The van der Waals surface area contributed by atoms with E-state index >= 15 is 0 Å². The standard InChI is InChI=1S/C19H24FN3O5/c1-25-12-18-21-17(22-28-18)8-11-26-16-6-9-23(10-7-16)19(24)13-27-15-4-2-14(20)3-5-15/h2-5,16H,6-13H2,1H3. The van der Waals surface area contributed by atoms with E-state index in [1.165, 1.54) is 24.3 Å². The Balaban J connectivity index is 1.32. The lowest BCUT2D eigenvalue weighted by Crippen LogP contribution is -2.43. The summed E-state index contributed by atoms with van der Waals surface area (Å²) < 4.78 is 34.1. The number of hydrogen-bond acceptors (Lipinski definition) is 7. The number of amides is 1. The Morgan fingerprint density at radius 3 is 2.75 bits per heavy atom. The Kier molecular flexibility index (Phi) is 7.32. The zero-order valence-corrected chi connectivity index (χ0v) is 15.8. The largest absolute Gasteiger partial charge is 0.484 e. The number of hydrogen-bond donors (Lipinski definition) is 0. The monoisotopic (exact) mass is 393 g/mol. The minimum Gasteiger partial charge on any atom is -0.484 e. The van der Waals surface area contributed by atoms with Crippen molar-refractivity contribution in [2.75, 3.05) is 33.4 Å². The Labute approximate surface area is 162 Å². The summed E-state index contributed by atoms with van der Waals surface area (Å²) in [7, 11) is 1.57. The molecule has 1 saturated heterocycles. The third-order valence-corrected chi connectivity index (χ3v) is 4.43. The molecule has 2 heterocycles. The number of methoxy groups -OCH3 is 1. The van der Waals surface area contributed by atoms with Crippen molar-refractivity contribution in [3.63, 3.8) is 0 Å². The molecular formula is C19H24FN3O5. The maximum atomic E-state index is 12.9. The molecule has 28 heavy (non-hydrogen) atoms. The van der Waals surface area contributed by atoms with Crippen LogP contribution in [0.1, 0.15) is 24.6 Å². The number of halogens is 1. The van der Waals surface area contributed by atoms with Crippen LogP contribution in [0.4, 0.5) is 4.39 Å². The molecule has 1 aliphatic rings. The van der Waals surface area contributed by atoms with Crippen LogP contribution < -0.4 is 4.74 Å². The van der Waals surface area contributed by atoms with E-state index in [2.05, 4.69) is 10.1 Å². The van der Waals surface area contributed by atoms with Gasteiger partial charge in [0.1, 0.15) is 18.2 Å². The van der Waals surface area contributed by atoms with Crippen molar-refractivity contribution < 1.29 is 27.9 Å². The first-order valence-corrected chi connectivity index (χ1v) is 9.22. The third kappa shape index (κ3) is 6.00. The molecule has 2 aromatic rings. The zero-order valence-electron chi connectivity index (χ0n) is 15.8. The smallest absolute Gasteiger partial charge is 0.260 e. The van der Waals surface area contributed by atoms with Crippen LogP contribution in [0.15, 0.2) is 28.8 Å².